The van der Waals surface area contributed by atoms with Crippen LogP contribution in [-0.2, 0) is 0 Å². The molecular weight excluding hydrogens is 198 g/mol. The maximum absolute atomic E-state index is 12.3. The lowest BCUT2D eigenvalue weighted by atomic mass is 10.1. The number of anilines is 1. The minimum atomic E-state index is -2.47. The molecule has 1 aliphatic heterocycles. The standard InChI is InChI=1S/C11H14F2N2/c12-11(13)10-5-4-9(8-14-10)15-6-2-1-3-7-15/h4-5,8,11H,1-3,6-7H2. The van der Waals surface area contributed by atoms with Gasteiger partial charge in [-0.1, -0.05) is 0 Å². The molecule has 15 heavy (non-hydrogen) atoms. The Morgan fingerprint density at radius 2 is 1.87 bits per heavy atom. The Kier molecular flexibility index (Phi) is 3.14. The number of rotatable bonds is 2. The van der Waals surface area contributed by atoms with Crippen molar-refractivity contribution in [3.8, 4) is 0 Å². The highest BCUT2D eigenvalue weighted by Crippen LogP contribution is 2.22. The van der Waals surface area contributed by atoms with Crippen LogP contribution < -0.4 is 4.90 Å². The molecule has 1 aromatic rings. The predicted octanol–water partition coefficient (Wildman–Crippen LogP) is 3.01. The van der Waals surface area contributed by atoms with Crippen LogP contribution in [0.1, 0.15) is 31.4 Å². The average molecular weight is 212 g/mol. The Labute approximate surface area is 87.9 Å². The van der Waals surface area contributed by atoms with Crippen molar-refractivity contribution in [3.05, 3.63) is 24.0 Å². The van der Waals surface area contributed by atoms with Crippen molar-refractivity contribution >= 4 is 5.69 Å². The number of piperidine rings is 1. The van der Waals surface area contributed by atoms with Crippen LogP contribution in [0.4, 0.5) is 14.5 Å². The van der Waals surface area contributed by atoms with E-state index in [4.69, 9.17) is 0 Å². The van der Waals surface area contributed by atoms with Gasteiger partial charge in [0, 0.05) is 13.1 Å². The quantitative estimate of drug-likeness (QED) is 0.749. The third kappa shape index (κ3) is 2.43. The predicted molar refractivity (Wildman–Crippen MR) is 55.3 cm³/mol. The maximum atomic E-state index is 12.3. The summed E-state index contributed by atoms with van der Waals surface area (Å²) in [7, 11) is 0. The number of aromatic nitrogens is 1. The zero-order chi connectivity index (χ0) is 10.7. The van der Waals surface area contributed by atoms with Gasteiger partial charge >= 0.3 is 0 Å². The van der Waals surface area contributed by atoms with Gasteiger partial charge < -0.3 is 4.90 Å². The lowest BCUT2D eigenvalue weighted by Gasteiger charge is -2.28. The normalized spacial score (nSPS) is 17.1. The molecular formula is C11H14F2N2. The van der Waals surface area contributed by atoms with Crippen LogP contribution in [0.5, 0.6) is 0 Å². The number of pyridine rings is 1. The van der Waals surface area contributed by atoms with Gasteiger partial charge in [-0.15, -0.1) is 0 Å². The van der Waals surface area contributed by atoms with Crippen molar-refractivity contribution < 1.29 is 8.78 Å². The summed E-state index contributed by atoms with van der Waals surface area (Å²) in [6.07, 6.45) is 2.69. The summed E-state index contributed by atoms with van der Waals surface area (Å²) in [5.74, 6) is 0. The van der Waals surface area contributed by atoms with E-state index < -0.39 is 6.43 Å². The molecule has 0 atom stereocenters. The lowest BCUT2D eigenvalue weighted by Crippen LogP contribution is -2.29. The molecule has 0 bridgehead atoms. The van der Waals surface area contributed by atoms with E-state index >= 15 is 0 Å². The fraction of sp³-hybridized carbons (Fsp3) is 0.545. The highest BCUT2D eigenvalue weighted by Gasteiger charge is 2.13. The van der Waals surface area contributed by atoms with Crippen LogP contribution in [0.15, 0.2) is 18.3 Å². The first-order valence-corrected chi connectivity index (χ1v) is 5.26. The summed E-state index contributed by atoms with van der Waals surface area (Å²) in [6.45, 7) is 2.02. The van der Waals surface area contributed by atoms with Gasteiger partial charge in [-0.05, 0) is 31.4 Å². The number of hydrogen-bond acceptors (Lipinski definition) is 2. The van der Waals surface area contributed by atoms with Crippen LogP contribution in [0.2, 0.25) is 0 Å². The van der Waals surface area contributed by atoms with E-state index in [1.54, 1.807) is 12.3 Å². The summed E-state index contributed by atoms with van der Waals surface area (Å²) in [6, 6.07) is 3.15. The third-order valence-electron chi connectivity index (χ3n) is 2.72. The second kappa shape index (κ2) is 4.55. The van der Waals surface area contributed by atoms with Gasteiger partial charge in [-0.2, -0.15) is 0 Å². The Bertz CT molecular complexity index is 305. The summed E-state index contributed by atoms with van der Waals surface area (Å²) in [4.78, 5) is 5.96. The summed E-state index contributed by atoms with van der Waals surface area (Å²) in [5.41, 5.74) is 0.815. The molecule has 82 valence electrons. The monoisotopic (exact) mass is 212 g/mol. The van der Waals surface area contributed by atoms with Crippen LogP contribution in [0.3, 0.4) is 0 Å². The molecule has 2 heterocycles. The maximum Gasteiger partial charge on any atom is 0.280 e. The van der Waals surface area contributed by atoms with E-state index in [2.05, 4.69) is 9.88 Å². The first kappa shape index (κ1) is 10.3. The fourth-order valence-corrected chi connectivity index (χ4v) is 1.87. The van der Waals surface area contributed by atoms with Gasteiger partial charge in [0.1, 0.15) is 5.69 Å². The minimum absolute atomic E-state index is 0.143. The van der Waals surface area contributed by atoms with E-state index in [0.29, 0.717) is 0 Å². The molecule has 2 nitrogen and oxygen atoms in total. The minimum Gasteiger partial charge on any atom is -0.370 e. The van der Waals surface area contributed by atoms with Crippen molar-refractivity contribution in [1.82, 2.24) is 4.98 Å². The number of halogens is 2. The topological polar surface area (TPSA) is 16.1 Å². The molecule has 0 N–H and O–H groups in total. The molecule has 1 fully saturated rings. The van der Waals surface area contributed by atoms with Crippen molar-refractivity contribution in [2.24, 2.45) is 0 Å². The Morgan fingerprint density at radius 3 is 2.40 bits per heavy atom. The second-order valence-corrected chi connectivity index (χ2v) is 3.79. The van der Waals surface area contributed by atoms with Crippen LogP contribution in [-0.4, -0.2) is 18.1 Å². The molecule has 0 saturated carbocycles. The van der Waals surface area contributed by atoms with Crippen LogP contribution in [0, 0.1) is 0 Å². The lowest BCUT2D eigenvalue weighted by molar-refractivity contribution is 0.146. The van der Waals surface area contributed by atoms with Gasteiger partial charge in [0.05, 0.1) is 11.9 Å². The second-order valence-electron chi connectivity index (χ2n) is 3.79. The molecule has 0 spiro atoms. The van der Waals surface area contributed by atoms with E-state index in [1.165, 1.54) is 25.3 Å². The molecule has 0 unspecified atom stereocenters. The van der Waals surface area contributed by atoms with E-state index in [0.717, 1.165) is 18.8 Å². The van der Waals surface area contributed by atoms with Crippen molar-refractivity contribution in [1.29, 1.82) is 0 Å². The Balaban J connectivity index is 2.08. The summed E-state index contributed by atoms with van der Waals surface area (Å²) >= 11 is 0. The van der Waals surface area contributed by atoms with Gasteiger partial charge in [0.2, 0.25) is 0 Å². The average Bonchev–Trinajstić information content (AvgIpc) is 2.30. The van der Waals surface area contributed by atoms with E-state index in [9.17, 15) is 8.78 Å². The van der Waals surface area contributed by atoms with Crippen LogP contribution >= 0.6 is 0 Å². The first-order valence-electron chi connectivity index (χ1n) is 5.26. The summed E-state index contributed by atoms with van der Waals surface area (Å²) in [5, 5.41) is 0. The SMILES string of the molecule is FC(F)c1ccc(N2CCCCC2)cn1. The van der Waals surface area contributed by atoms with E-state index in [-0.39, 0.29) is 5.69 Å². The molecule has 1 saturated heterocycles. The number of alkyl halides is 2. The fourth-order valence-electron chi connectivity index (χ4n) is 1.87. The molecule has 0 aliphatic carbocycles. The van der Waals surface area contributed by atoms with Gasteiger partial charge in [-0.3, -0.25) is 4.98 Å². The van der Waals surface area contributed by atoms with E-state index in [1.807, 2.05) is 0 Å². The van der Waals surface area contributed by atoms with Gasteiger partial charge in [0.25, 0.3) is 6.43 Å². The van der Waals surface area contributed by atoms with Gasteiger partial charge in [0.15, 0.2) is 0 Å². The molecule has 0 aromatic carbocycles. The Morgan fingerprint density at radius 1 is 1.13 bits per heavy atom. The molecule has 1 aromatic heterocycles. The smallest absolute Gasteiger partial charge is 0.280 e. The molecule has 1 aliphatic rings. The zero-order valence-electron chi connectivity index (χ0n) is 8.50. The highest BCUT2D eigenvalue weighted by atomic mass is 19.3. The zero-order valence-corrected chi connectivity index (χ0v) is 8.50. The molecule has 2 rings (SSSR count). The van der Waals surface area contributed by atoms with Crippen molar-refractivity contribution in [3.63, 3.8) is 0 Å². The molecule has 4 heteroatoms. The molecule has 0 amide bonds. The van der Waals surface area contributed by atoms with Crippen molar-refractivity contribution in [2.45, 2.75) is 25.7 Å². The highest BCUT2D eigenvalue weighted by molar-refractivity contribution is 5.44. The number of nitrogens with zero attached hydrogens (tertiary/aromatic N) is 2. The number of hydrogen-bond donors (Lipinski definition) is 0. The largest absolute Gasteiger partial charge is 0.370 e. The summed E-state index contributed by atoms with van der Waals surface area (Å²) < 4.78 is 24.5. The van der Waals surface area contributed by atoms with Gasteiger partial charge in [-0.25, -0.2) is 8.78 Å². The first-order chi connectivity index (χ1) is 7.27. The Hall–Kier alpha value is -1.19. The van der Waals surface area contributed by atoms with Crippen LogP contribution in [0.25, 0.3) is 0 Å². The molecule has 0 radical (unpaired) electrons. The third-order valence-corrected chi connectivity index (χ3v) is 2.72. The van der Waals surface area contributed by atoms with Crippen molar-refractivity contribution in [2.75, 3.05) is 18.0 Å².